The molecule has 0 atom stereocenters. The fourth-order valence-electron chi connectivity index (χ4n) is 2.25. The van der Waals surface area contributed by atoms with E-state index in [9.17, 15) is 0 Å². The van der Waals surface area contributed by atoms with Gasteiger partial charge in [0.1, 0.15) is 11.5 Å². The molecule has 106 valence electrons. The van der Waals surface area contributed by atoms with Crippen LogP contribution in [0, 0.1) is 0 Å². The third kappa shape index (κ3) is 2.80. The minimum absolute atomic E-state index is 0.760. The third-order valence-corrected chi connectivity index (χ3v) is 3.33. The van der Waals surface area contributed by atoms with Crippen LogP contribution in [-0.2, 0) is 6.42 Å². The molecule has 3 aromatic rings. The maximum absolute atomic E-state index is 5.85. The number of nitrogen functional groups attached to an aromatic ring is 1. The number of fused-ring (bicyclic) bond motifs is 1. The summed E-state index contributed by atoms with van der Waals surface area (Å²) in [5.41, 5.74) is 5.51. The van der Waals surface area contributed by atoms with Crippen molar-refractivity contribution in [2.75, 3.05) is 5.43 Å². The van der Waals surface area contributed by atoms with Gasteiger partial charge in [0.05, 0.1) is 11.2 Å². The van der Waals surface area contributed by atoms with Crippen molar-refractivity contribution in [1.82, 2.24) is 4.98 Å². The van der Waals surface area contributed by atoms with Crippen LogP contribution >= 0.6 is 0 Å². The Morgan fingerprint density at radius 3 is 2.57 bits per heavy atom. The van der Waals surface area contributed by atoms with Gasteiger partial charge in [0.2, 0.25) is 0 Å². The molecule has 3 rings (SSSR count). The lowest BCUT2D eigenvalue weighted by Crippen LogP contribution is -2.08. The largest absolute Gasteiger partial charge is 0.457 e. The van der Waals surface area contributed by atoms with Crippen molar-refractivity contribution in [3.8, 4) is 11.5 Å². The van der Waals surface area contributed by atoms with Crippen molar-refractivity contribution in [3.63, 3.8) is 0 Å². The summed E-state index contributed by atoms with van der Waals surface area (Å²) in [6.07, 6.45) is 0.868. The van der Waals surface area contributed by atoms with Crippen LogP contribution < -0.4 is 16.0 Å². The zero-order valence-corrected chi connectivity index (χ0v) is 11.8. The first-order chi connectivity index (χ1) is 10.3. The lowest BCUT2D eigenvalue weighted by molar-refractivity contribution is 0.483. The summed E-state index contributed by atoms with van der Waals surface area (Å²) < 4.78 is 5.85. The number of hydrogen-bond acceptors (Lipinski definition) is 4. The van der Waals surface area contributed by atoms with Gasteiger partial charge in [-0.25, -0.2) is 0 Å². The van der Waals surface area contributed by atoms with E-state index in [0.717, 1.165) is 40.2 Å². The van der Waals surface area contributed by atoms with E-state index in [-0.39, 0.29) is 0 Å². The fraction of sp³-hybridized carbons (Fsp3) is 0.118. The topological polar surface area (TPSA) is 60.2 Å². The first-order valence-corrected chi connectivity index (χ1v) is 6.93. The molecule has 0 aliphatic rings. The van der Waals surface area contributed by atoms with Crippen LogP contribution in [0.5, 0.6) is 11.5 Å². The smallest absolute Gasteiger partial charge is 0.128 e. The van der Waals surface area contributed by atoms with E-state index in [1.54, 1.807) is 0 Å². The van der Waals surface area contributed by atoms with E-state index in [2.05, 4.69) is 17.3 Å². The van der Waals surface area contributed by atoms with Crippen molar-refractivity contribution in [2.24, 2.45) is 5.84 Å². The van der Waals surface area contributed by atoms with Crippen molar-refractivity contribution >= 4 is 16.6 Å². The van der Waals surface area contributed by atoms with Gasteiger partial charge in [-0.15, -0.1) is 0 Å². The van der Waals surface area contributed by atoms with Gasteiger partial charge in [0.15, 0.2) is 0 Å². The molecule has 4 nitrogen and oxygen atoms in total. The minimum atomic E-state index is 0.760. The quantitative estimate of drug-likeness (QED) is 0.562. The number of hydrazine groups is 1. The molecule has 0 aliphatic carbocycles. The molecule has 0 fully saturated rings. The molecule has 1 aromatic heterocycles. The minimum Gasteiger partial charge on any atom is -0.457 e. The number of pyridine rings is 1. The summed E-state index contributed by atoms with van der Waals surface area (Å²) in [6, 6.07) is 17.5. The van der Waals surface area contributed by atoms with Crippen molar-refractivity contribution in [3.05, 3.63) is 60.3 Å². The van der Waals surface area contributed by atoms with Gasteiger partial charge in [0.25, 0.3) is 0 Å². The number of nitrogens with zero attached hydrogens (tertiary/aromatic N) is 1. The van der Waals surface area contributed by atoms with E-state index in [1.807, 2.05) is 54.6 Å². The van der Waals surface area contributed by atoms with E-state index in [0.29, 0.717) is 0 Å². The number of aromatic nitrogens is 1. The van der Waals surface area contributed by atoms with Crippen LogP contribution in [0.4, 0.5) is 5.69 Å². The van der Waals surface area contributed by atoms with E-state index < -0.39 is 0 Å². The van der Waals surface area contributed by atoms with Crippen LogP contribution in [0.3, 0.4) is 0 Å². The molecule has 3 N–H and O–H groups in total. The number of hydrogen-bond donors (Lipinski definition) is 2. The van der Waals surface area contributed by atoms with Crippen molar-refractivity contribution in [1.29, 1.82) is 0 Å². The Labute approximate surface area is 123 Å². The predicted molar refractivity (Wildman–Crippen MR) is 85.4 cm³/mol. The lowest BCUT2D eigenvalue weighted by atomic mass is 10.1. The number of nitrogens with two attached hydrogens (primary N) is 1. The van der Waals surface area contributed by atoms with Crippen LogP contribution in [0.2, 0.25) is 0 Å². The molecule has 0 bridgehead atoms. The summed E-state index contributed by atoms with van der Waals surface area (Å²) in [4.78, 5) is 4.60. The van der Waals surface area contributed by atoms with Crippen LogP contribution in [0.25, 0.3) is 10.9 Å². The Morgan fingerprint density at radius 2 is 1.86 bits per heavy atom. The molecule has 21 heavy (non-hydrogen) atoms. The maximum atomic E-state index is 5.85. The Balaban J connectivity index is 2.03. The maximum Gasteiger partial charge on any atom is 0.128 e. The van der Waals surface area contributed by atoms with Crippen LogP contribution in [0.15, 0.2) is 54.6 Å². The molecular weight excluding hydrogens is 262 g/mol. The highest BCUT2D eigenvalue weighted by Gasteiger charge is 2.06. The molecular formula is C17H17N3O. The number of anilines is 1. The molecule has 0 saturated carbocycles. The normalized spacial score (nSPS) is 10.6. The second-order valence-corrected chi connectivity index (χ2v) is 4.75. The Bertz CT molecular complexity index is 757. The SMILES string of the molecule is CCc1cc(NN)c2cc(Oc3ccccc3)ccc2n1. The van der Waals surface area contributed by atoms with Gasteiger partial charge in [-0.3, -0.25) is 10.8 Å². The van der Waals surface area contributed by atoms with Gasteiger partial charge < -0.3 is 10.2 Å². The van der Waals surface area contributed by atoms with Gasteiger partial charge in [-0.2, -0.15) is 0 Å². The van der Waals surface area contributed by atoms with E-state index >= 15 is 0 Å². The molecule has 0 aliphatic heterocycles. The highest BCUT2D eigenvalue weighted by Crippen LogP contribution is 2.29. The average molecular weight is 279 g/mol. The fourth-order valence-corrected chi connectivity index (χ4v) is 2.25. The van der Waals surface area contributed by atoms with Gasteiger partial charge in [-0.05, 0) is 42.8 Å². The van der Waals surface area contributed by atoms with Gasteiger partial charge >= 0.3 is 0 Å². The number of rotatable bonds is 4. The third-order valence-electron chi connectivity index (χ3n) is 3.33. The summed E-state index contributed by atoms with van der Waals surface area (Å²) in [5, 5.41) is 0.947. The highest BCUT2D eigenvalue weighted by atomic mass is 16.5. The number of para-hydroxylation sites is 1. The number of aryl methyl sites for hydroxylation is 1. The molecule has 2 aromatic carbocycles. The molecule has 0 unspecified atom stereocenters. The second kappa shape index (κ2) is 5.81. The summed E-state index contributed by atoms with van der Waals surface area (Å²) in [6.45, 7) is 2.07. The second-order valence-electron chi connectivity index (χ2n) is 4.75. The standard InChI is InChI=1S/C17H17N3O/c1-2-12-10-17(20-18)15-11-14(8-9-16(15)19-12)21-13-6-4-3-5-7-13/h3-11H,2,18H2,1H3,(H,19,20). The summed E-state index contributed by atoms with van der Waals surface area (Å²) in [7, 11) is 0. The Kier molecular flexibility index (Phi) is 3.71. The summed E-state index contributed by atoms with van der Waals surface area (Å²) in [5.74, 6) is 7.19. The van der Waals surface area contributed by atoms with Crippen molar-refractivity contribution < 1.29 is 4.74 Å². The monoisotopic (exact) mass is 279 g/mol. The Hall–Kier alpha value is -2.59. The molecule has 0 amide bonds. The van der Waals surface area contributed by atoms with E-state index in [1.165, 1.54) is 0 Å². The summed E-state index contributed by atoms with van der Waals surface area (Å²) >= 11 is 0. The van der Waals surface area contributed by atoms with E-state index in [4.69, 9.17) is 10.6 Å². The highest BCUT2D eigenvalue weighted by molar-refractivity contribution is 5.92. The number of benzene rings is 2. The predicted octanol–water partition coefficient (Wildman–Crippen LogP) is 3.88. The number of nitrogens with one attached hydrogen (secondary N) is 1. The Morgan fingerprint density at radius 1 is 1.05 bits per heavy atom. The average Bonchev–Trinajstić information content (AvgIpc) is 2.54. The zero-order valence-electron chi connectivity index (χ0n) is 11.8. The van der Waals surface area contributed by atoms with Crippen molar-refractivity contribution in [2.45, 2.75) is 13.3 Å². The lowest BCUT2D eigenvalue weighted by Gasteiger charge is -2.10. The van der Waals surface area contributed by atoms with Gasteiger partial charge in [0, 0.05) is 11.1 Å². The molecule has 0 saturated heterocycles. The first-order valence-electron chi connectivity index (χ1n) is 6.93. The number of ether oxygens (including phenoxy) is 1. The molecule has 4 heteroatoms. The molecule has 0 spiro atoms. The first kappa shape index (κ1) is 13.4. The molecule has 0 radical (unpaired) electrons. The van der Waals surface area contributed by atoms with Crippen LogP contribution in [-0.4, -0.2) is 4.98 Å². The molecule has 1 heterocycles. The van der Waals surface area contributed by atoms with Crippen LogP contribution in [0.1, 0.15) is 12.6 Å². The zero-order chi connectivity index (χ0) is 14.7. The van der Waals surface area contributed by atoms with Gasteiger partial charge in [-0.1, -0.05) is 25.1 Å².